The molecule has 0 amide bonds. The second-order valence-electron chi connectivity index (χ2n) is 5.17. The zero-order chi connectivity index (χ0) is 13.9. The molecule has 106 valence electrons. The minimum Gasteiger partial charge on any atom is -0.381 e. The molecule has 0 spiro atoms. The molecular weight excluding hydrogens is 260 g/mol. The van der Waals surface area contributed by atoms with E-state index in [4.69, 9.17) is 0 Å². The number of piperidine rings is 1. The first kappa shape index (κ1) is 14.3. The summed E-state index contributed by atoms with van der Waals surface area (Å²) in [5.41, 5.74) is 0.996. The first-order chi connectivity index (χ1) is 9.01. The van der Waals surface area contributed by atoms with Crippen LogP contribution in [0.15, 0.2) is 29.2 Å². The molecule has 2 rings (SSSR count). The normalized spacial score (nSPS) is 21.3. The lowest BCUT2D eigenvalue weighted by molar-refractivity contribution is 0.261. The Morgan fingerprint density at radius 1 is 1.32 bits per heavy atom. The van der Waals surface area contributed by atoms with Gasteiger partial charge in [-0.3, -0.25) is 0 Å². The molecule has 1 heterocycles. The van der Waals surface area contributed by atoms with E-state index < -0.39 is 9.84 Å². The van der Waals surface area contributed by atoms with Crippen LogP contribution in [-0.4, -0.2) is 45.2 Å². The highest BCUT2D eigenvalue weighted by Crippen LogP contribution is 2.18. The zero-order valence-electron chi connectivity index (χ0n) is 11.6. The molecule has 1 fully saturated rings. The molecule has 19 heavy (non-hydrogen) atoms. The van der Waals surface area contributed by atoms with Gasteiger partial charge in [-0.1, -0.05) is 6.92 Å². The number of hydrogen-bond acceptors (Lipinski definition) is 4. The Morgan fingerprint density at radius 3 is 2.58 bits per heavy atom. The van der Waals surface area contributed by atoms with Crippen LogP contribution in [0.5, 0.6) is 0 Å². The highest BCUT2D eigenvalue weighted by atomic mass is 32.2. The molecule has 1 aliphatic rings. The van der Waals surface area contributed by atoms with Gasteiger partial charge in [0.05, 0.1) is 10.6 Å². The smallest absolute Gasteiger partial charge is 0.178 e. The molecule has 4 nitrogen and oxygen atoms in total. The van der Waals surface area contributed by atoms with E-state index in [1.54, 1.807) is 19.1 Å². The molecule has 1 atom stereocenters. The minimum absolute atomic E-state index is 0.146. The number of nitrogens with one attached hydrogen (secondary N) is 1. The van der Waals surface area contributed by atoms with Crippen LogP contribution in [-0.2, 0) is 9.84 Å². The Balaban J connectivity index is 2.03. The van der Waals surface area contributed by atoms with Gasteiger partial charge in [0.15, 0.2) is 9.84 Å². The molecule has 1 N–H and O–H groups in total. The van der Waals surface area contributed by atoms with Gasteiger partial charge in [0.1, 0.15) is 0 Å². The summed E-state index contributed by atoms with van der Waals surface area (Å²) in [4.78, 5) is 2.72. The number of likely N-dealkylation sites (tertiary alicyclic amines) is 1. The van der Waals surface area contributed by atoms with Crippen molar-refractivity contribution in [2.24, 2.45) is 0 Å². The van der Waals surface area contributed by atoms with Crippen LogP contribution in [0.25, 0.3) is 0 Å². The lowest BCUT2D eigenvalue weighted by atomic mass is 10.1. The third-order valence-electron chi connectivity index (χ3n) is 3.59. The molecule has 1 aromatic rings. The topological polar surface area (TPSA) is 49.4 Å². The number of nitrogens with zero attached hydrogens (tertiary/aromatic N) is 1. The summed E-state index contributed by atoms with van der Waals surface area (Å²) in [6, 6.07) is 7.54. The maximum absolute atomic E-state index is 11.7. The van der Waals surface area contributed by atoms with Crippen LogP contribution in [0, 0.1) is 0 Å². The molecule has 0 saturated carbocycles. The van der Waals surface area contributed by atoms with Crippen LogP contribution >= 0.6 is 0 Å². The van der Waals surface area contributed by atoms with Crippen molar-refractivity contribution in [3.8, 4) is 0 Å². The van der Waals surface area contributed by atoms with Crippen molar-refractivity contribution in [3.05, 3.63) is 24.3 Å². The van der Waals surface area contributed by atoms with Crippen molar-refractivity contribution < 1.29 is 8.42 Å². The largest absolute Gasteiger partial charge is 0.381 e. The number of anilines is 1. The second-order valence-corrected chi connectivity index (χ2v) is 7.45. The van der Waals surface area contributed by atoms with Crippen molar-refractivity contribution in [1.29, 1.82) is 0 Å². The van der Waals surface area contributed by atoms with Crippen LogP contribution in [0.2, 0.25) is 0 Å². The molecule has 0 bridgehead atoms. The van der Waals surface area contributed by atoms with E-state index in [0.717, 1.165) is 18.8 Å². The molecule has 1 aromatic carbocycles. The molecular formula is C14H22N2O2S. The van der Waals surface area contributed by atoms with E-state index in [9.17, 15) is 8.42 Å². The van der Waals surface area contributed by atoms with E-state index in [0.29, 0.717) is 10.9 Å². The molecule has 1 unspecified atom stereocenters. The molecule has 5 heteroatoms. The third kappa shape index (κ3) is 3.70. The lowest BCUT2D eigenvalue weighted by Crippen LogP contribution is -2.39. The summed E-state index contributed by atoms with van der Waals surface area (Å²) in [6.07, 6.45) is 2.37. The average Bonchev–Trinajstić information content (AvgIpc) is 2.39. The highest BCUT2D eigenvalue weighted by molar-refractivity contribution is 7.91. The number of sulfone groups is 1. The second kappa shape index (κ2) is 5.92. The van der Waals surface area contributed by atoms with Crippen molar-refractivity contribution in [2.75, 3.05) is 31.2 Å². The van der Waals surface area contributed by atoms with E-state index in [-0.39, 0.29) is 5.75 Å². The number of rotatable bonds is 4. The van der Waals surface area contributed by atoms with E-state index in [2.05, 4.69) is 17.3 Å². The van der Waals surface area contributed by atoms with Gasteiger partial charge in [0.25, 0.3) is 0 Å². The summed E-state index contributed by atoms with van der Waals surface area (Å²) in [5, 5.41) is 3.47. The fourth-order valence-electron chi connectivity index (χ4n) is 2.45. The predicted molar refractivity (Wildman–Crippen MR) is 78.3 cm³/mol. The van der Waals surface area contributed by atoms with Crippen molar-refractivity contribution in [2.45, 2.75) is 30.7 Å². The summed E-state index contributed by atoms with van der Waals surface area (Å²) in [5.74, 6) is 0.146. The molecule has 0 aromatic heterocycles. The summed E-state index contributed by atoms with van der Waals surface area (Å²) < 4.78 is 23.4. The molecule has 1 aliphatic heterocycles. The minimum atomic E-state index is -3.09. The van der Waals surface area contributed by atoms with Crippen LogP contribution in [0.4, 0.5) is 5.69 Å². The Morgan fingerprint density at radius 2 is 2.00 bits per heavy atom. The SMILES string of the molecule is CCS(=O)(=O)c1ccc(NC2CCCN(C)C2)cc1. The Kier molecular flexibility index (Phi) is 4.47. The maximum atomic E-state index is 11.7. The first-order valence-corrected chi connectivity index (χ1v) is 8.44. The fourth-order valence-corrected chi connectivity index (χ4v) is 3.33. The van der Waals surface area contributed by atoms with Gasteiger partial charge in [-0.25, -0.2) is 8.42 Å². The van der Waals surface area contributed by atoms with Crippen molar-refractivity contribution in [3.63, 3.8) is 0 Å². The van der Waals surface area contributed by atoms with Gasteiger partial charge in [0.2, 0.25) is 0 Å². The number of likely N-dealkylation sites (N-methyl/N-ethyl adjacent to an activating group) is 1. The van der Waals surface area contributed by atoms with E-state index in [1.165, 1.54) is 12.8 Å². The fraction of sp³-hybridized carbons (Fsp3) is 0.571. The van der Waals surface area contributed by atoms with Gasteiger partial charge in [-0.2, -0.15) is 0 Å². The summed E-state index contributed by atoms with van der Waals surface area (Å²) in [7, 11) is -0.963. The van der Waals surface area contributed by atoms with Crippen molar-refractivity contribution in [1.82, 2.24) is 4.90 Å². The highest BCUT2D eigenvalue weighted by Gasteiger charge is 2.17. The number of benzene rings is 1. The predicted octanol–water partition coefficient (Wildman–Crippen LogP) is 1.99. The average molecular weight is 282 g/mol. The number of hydrogen-bond donors (Lipinski definition) is 1. The Hall–Kier alpha value is -1.07. The van der Waals surface area contributed by atoms with E-state index in [1.807, 2.05) is 12.1 Å². The van der Waals surface area contributed by atoms with Crippen LogP contribution in [0.3, 0.4) is 0 Å². The Bertz CT molecular complexity index is 511. The van der Waals surface area contributed by atoms with Gasteiger partial charge in [-0.05, 0) is 50.7 Å². The third-order valence-corrected chi connectivity index (χ3v) is 5.34. The van der Waals surface area contributed by atoms with Crippen molar-refractivity contribution >= 4 is 15.5 Å². The monoisotopic (exact) mass is 282 g/mol. The quantitative estimate of drug-likeness (QED) is 0.917. The summed E-state index contributed by atoms with van der Waals surface area (Å²) in [6.45, 7) is 3.86. The zero-order valence-corrected chi connectivity index (χ0v) is 12.4. The maximum Gasteiger partial charge on any atom is 0.178 e. The van der Waals surface area contributed by atoms with Gasteiger partial charge >= 0.3 is 0 Å². The van der Waals surface area contributed by atoms with Gasteiger partial charge in [0, 0.05) is 18.3 Å². The standard InChI is InChI=1S/C14H22N2O2S/c1-3-19(17,18)14-8-6-12(7-9-14)15-13-5-4-10-16(2)11-13/h6-9,13,15H,3-5,10-11H2,1-2H3. The first-order valence-electron chi connectivity index (χ1n) is 6.79. The van der Waals surface area contributed by atoms with E-state index >= 15 is 0 Å². The lowest BCUT2D eigenvalue weighted by Gasteiger charge is -2.30. The van der Waals surface area contributed by atoms with Crippen LogP contribution in [0.1, 0.15) is 19.8 Å². The van der Waals surface area contributed by atoms with Crippen LogP contribution < -0.4 is 5.32 Å². The van der Waals surface area contributed by atoms with Gasteiger partial charge in [-0.15, -0.1) is 0 Å². The molecule has 0 aliphatic carbocycles. The van der Waals surface area contributed by atoms with Gasteiger partial charge < -0.3 is 10.2 Å². The summed E-state index contributed by atoms with van der Waals surface area (Å²) >= 11 is 0. The molecule has 1 saturated heterocycles. The molecule has 0 radical (unpaired) electrons. The Labute approximate surface area is 115 Å².